The molecule has 1 aliphatic carbocycles. The summed E-state index contributed by atoms with van der Waals surface area (Å²) in [5.74, 6) is 0.572. The first-order chi connectivity index (χ1) is 12.4. The van der Waals surface area contributed by atoms with Crippen LogP contribution in [0, 0.1) is 6.92 Å². The first-order valence-electron chi connectivity index (χ1n) is 8.78. The van der Waals surface area contributed by atoms with Crippen LogP contribution in [-0.4, -0.2) is 63.0 Å². The fourth-order valence-electron chi connectivity index (χ4n) is 3.50. The molecule has 138 valence electrons. The summed E-state index contributed by atoms with van der Waals surface area (Å²) in [6.07, 6.45) is 2.38. The van der Waals surface area contributed by atoms with Gasteiger partial charge in [-0.25, -0.2) is 8.42 Å². The average molecular weight is 375 g/mol. The van der Waals surface area contributed by atoms with E-state index in [-0.39, 0.29) is 36.0 Å². The zero-order valence-electron chi connectivity index (χ0n) is 14.6. The van der Waals surface area contributed by atoms with Crippen LogP contribution in [0.5, 0.6) is 0 Å². The molecule has 1 saturated carbocycles. The second-order valence-electron chi connectivity index (χ2n) is 7.05. The highest BCUT2D eigenvalue weighted by atomic mass is 32.2. The highest BCUT2D eigenvalue weighted by molar-refractivity contribution is 7.91. The highest BCUT2D eigenvalue weighted by Crippen LogP contribution is 2.32. The molecular weight excluding hydrogens is 354 g/mol. The molecule has 0 N–H and O–H groups in total. The van der Waals surface area contributed by atoms with E-state index < -0.39 is 9.84 Å². The molecule has 1 atom stereocenters. The third-order valence-corrected chi connectivity index (χ3v) is 6.70. The minimum Gasteiger partial charge on any atom is -0.334 e. The number of benzene rings is 1. The van der Waals surface area contributed by atoms with Gasteiger partial charge in [0.25, 0.3) is 0 Å². The first-order valence-corrected chi connectivity index (χ1v) is 10.6. The van der Waals surface area contributed by atoms with Crippen molar-refractivity contribution in [2.45, 2.75) is 44.8 Å². The third kappa shape index (κ3) is 3.48. The van der Waals surface area contributed by atoms with Gasteiger partial charge in [0.15, 0.2) is 9.84 Å². The number of rotatable bonds is 5. The van der Waals surface area contributed by atoms with Crippen molar-refractivity contribution < 1.29 is 13.2 Å². The molecule has 26 heavy (non-hydrogen) atoms. The second kappa shape index (κ2) is 6.46. The molecule has 2 fully saturated rings. The molecule has 1 saturated heterocycles. The molecule has 0 radical (unpaired) electrons. The van der Waals surface area contributed by atoms with Gasteiger partial charge in [-0.2, -0.15) is 4.80 Å². The minimum atomic E-state index is -3.03. The van der Waals surface area contributed by atoms with Crippen molar-refractivity contribution in [1.82, 2.24) is 25.1 Å². The average Bonchev–Trinajstić information content (AvgIpc) is 3.20. The van der Waals surface area contributed by atoms with Crippen molar-refractivity contribution in [3.63, 3.8) is 0 Å². The fraction of sp³-hybridized carbons (Fsp3) is 0.529. The van der Waals surface area contributed by atoms with E-state index in [1.54, 1.807) is 4.90 Å². The Kier molecular flexibility index (Phi) is 4.26. The molecule has 1 aliphatic heterocycles. The normalized spacial score (nSPS) is 21.7. The maximum Gasteiger partial charge on any atom is 0.246 e. The number of nitrogens with zero attached hydrogens (tertiary/aromatic N) is 5. The van der Waals surface area contributed by atoms with E-state index in [0.29, 0.717) is 12.2 Å². The van der Waals surface area contributed by atoms with Gasteiger partial charge < -0.3 is 4.90 Å². The van der Waals surface area contributed by atoms with Gasteiger partial charge in [0, 0.05) is 17.6 Å². The van der Waals surface area contributed by atoms with Crippen LogP contribution >= 0.6 is 0 Å². The van der Waals surface area contributed by atoms with Crippen LogP contribution in [0.4, 0.5) is 0 Å². The van der Waals surface area contributed by atoms with Crippen LogP contribution in [0.15, 0.2) is 24.3 Å². The number of aryl methyl sites for hydroxylation is 1. The van der Waals surface area contributed by atoms with Crippen LogP contribution in [0.3, 0.4) is 0 Å². The number of hydrogen-bond acceptors (Lipinski definition) is 6. The lowest BCUT2D eigenvalue weighted by molar-refractivity contribution is -0.134. The van der Waals surface area contributed by atoms with E-state index in [1.807, 2.05) is 31.2 Å². The number of amides is 1. The molecule has 2 heterocycles. The number of tetrazole rings is 1. The molecule has 1 aromatic carbocycles. The second-order valence-corrected chi connectivity index (χ2v) is 9.28. The SMILES string of the molecule is Cc1ccccc1-c1nnn(CC(=O)N(C2CC2)[C@H]2CCS(=O)(=O)C2)n1. The zero-order chi connectivity index (χ0) is 18.3. The zero-order valence-corrected chi connectivity index (χ0v) is 15.4. The van der Waals surface area contributed by atoms with Crippen molar-refractivity contribution in [2.24, 2.45) is 0 Å². The Labute approximate surface area is 152 Å². The van der Waals surface area contributed by atoms with E-state index in [1.165, 1.54) is 4.80 Å². The summed E-state index contributed by atoms with van der Waals surface area (Å²) in [6, 6.07) is 7.66. The summed E-state index contributed by atoms with van der Waals surface area (Å²) in [4.78, 5) is 15.9. The molecule has 2 aliphatic rings. The summed E-state index contributed by atoms with van der Waals surface area (Å²) in [5.41, 5.74) is 1.92. The quantitative estimate of drug-likeness (QED) is 0.768. The number of carbonyl (C=O) groups excluding carboxylic acids is 1. The Bertz CT molecular complexity index is 935. The summed E-state index contributed by atoms with van der Waals surface area (Å²) < 4.78 is 23.6. The van der Waals surface area contributed by atoms with Gasteiger partial charge in [0.05, 0.1) is 11.5 Å². The van der Waals surface area contributed by atoms with Gasteiger partial charge in [0.2, 0.25) is 11.7 Å². The molecule has 9 heteroatoms. The Morgan fingerprint density at radius 1 is 1.23 bits per heavy atom. The van der Waals surface area contributed by atoms with E-state index in [9.17, 15) is 13.2 Å². The molecule has 1 amide bonds. The van der Waals surface area contributed by atoms with Crippen LogP contribution in [0.1, 0.15) is 24.8 Å². The fourth-order valence-corrected chi connectivity index (χ4v) is 5.21. The lowest BCUT2D eigenvalue weighted by Gasteiger charge is -2.28. The summed E-state index contributed by atoms with van der Waals surface area (Å²) >= 11 is 0. The standard InChI is InChI=1S/C17H21N5O3S/c1-12-4-2-3-5-15(12)17-18-20-21(19-17)10-16(23)22(13-6-7-13)14-8-9-26(24,25)11-14/h2-5,13-14H,6-11H2,1H3/t14-/m0/s1. The monoisotopic (exact) mass is 375 g/mol. The van der Waals surface area contributed by atoms with Crippen LogP contribution < -0.4 is 0 Å². The Hall–Kier alpha value is -2.29. The number of hydrogen-bond donors (Lipinski definition) is 0. The number of carbonyl (C=O) groups is 1. The number of sulfone groups is 1. The van der Waals surface area contributed by atoms with Crippen LogP contribution in [-0.2, 0) is 21.2 Å². The van der Waals surface area contributed by atoms with Crippen molar-refractivity contribution in [1.29, 1.82) is 0 Å². The minimum absolute atomic E-state index is 0.0219. The maximum atomic E-state index is 12.8. The van der Waals surface area contributed by atoms with Crippen molar-refractivity contribution in [2.75, 3.05) is 11.5 Å². The molecule has 0 spiro atoms. The van der Waals surface area contributed by atoms with Gasteiger partial charge in [0.1, 0.15) is 6.54 Å². The predicted octanol–water partition coefficient (Wildman–Crippen LogP) is 0.827. The topological polar surface area (TPSA) is 98.0 Å². The molecule has 2 aromatic rings. The Balaban J connectivity index is 1.50. The van der Waals surface area contributed by atoms with Crippen molar-refractivity contribution >= 4 is 15.7 Å². The summed E-state index contributed by atoms with van der Waals surface area (Å²) in [7, 11) is -3.03. The Morgan fingerprint density at radius 2 is 2.00 bits per heavy atom. The number of aromatic nitrogens is 4. The van der Waals surface area contributed by atoms with E-state index in [2.05, 4.69) is 15.4 Å². The van der Waals surface area contributed by atoms with Gasteiger partial charge in [-0.05, 0) is 37.0 Å². The van der Waals surface area contributed by atoms with E-state index in [0.717, 1.165) is 24.0 Å². The van der Waals surface area contributed by atoms with Crippen molar-refractivity contribution in [3.8, 4) is 11.4 Å². The molecule has 8 nitrogen and oxygen atoms in total. The Morgan fingerprint density at radius 3 is 2.65 bits per heavy atom. The van der Waals surface area contributed by atoms with E-state index >= 15 is 0 Å². The predicted molar refractivity (Wildman–Crippen MR) is 94.9 cm³/mol. The smallest absolute Gasteiger partial charge is 0.246 e. The lowest BCUT2D eigenvalue weighted by Crippen LogP contribution is -2.44. The summed E-state index contributed by atoms with van der Waals surface area (Å²) in [6.45, 7) is 1.95. The largest absolute Gasteiger partial charge is 0.334 e. The van der Waals surface area contributed by atoms with Gasteiger partial charge >= 0.3 is 0 Å². The van der Waals surface area contributed by atoms with E-state index in [4.69, 9.17) is 0 Å². The molecular formula is C17H21N5O3S. The molecule has 0 bridgehead atoms. The first kappa shape index (κ1) is 17.1. The van der Waals surface area contributed by atoms with Crippen LogP contribution in [0.25, 0.3) is 11.4 Å². The molecule has 1 aromatic heterocycles. The van der Waals surface area contributed by atoms with Gasteiger partial charge in [-0.15, -0.1) is 10.2 Å². The summed E-state index contributed by atoms with van der Waals surface area (Å²) in [5, 5.41) is 12.4. The van der Waals surface area contributed by atoms with Gasteiger partial charge in [-0.1, -0.05) is 24.3 Å². The van der Waals surface area contributed by atoms with Crippen molar-refractivity contribution in [3.05, 3.63) is 29.8 Å². The molecule has 4 rings (SSSR count). The lowest BCUT2D eigenvalue weighted by atomic mass is 10.1. The maximum absolute atomic E-state index is 12.8. The highest BCUT2D eigenvalue weighted by Gasteiger charge is 2.42. The van der Waals surface area contributed by atoms with Crippen LogP contribution in [0.2, 0.25) is 0 Å². The molecule has 0 unspecified atom stereocenters. The van der Waals surface area contributed by atoms with Gasteiger partial charge in [-0.3, -0.25) is 4.79 Å². The third-order valence-electron chi connectivity index (χ3n) is 4.95.